The maximum absolute atomic E-state index is 11.5. The molecule has 2 N–H and O–H groups in total. The minimum atomic E-state index is -0.683. The van der Waals surface area contributed by atoms with E-state index in [9.17, 15) is 9.90 Å². The third-order valence-corrected chi connectivity index (χ3v) is 3.19. The van der Waals surface area contributed by atoms with Gasteiger partial charge < -0.3 is 19.9 Å². The number of aliphatic hydroxyl groups is 1. The second kappa shape index (κ2) is 5.50. The van der Waals surface area contributed by atoms with Gasteiger partial charge in [-0.05, 0) is 12.8 Å². The van der Waals surface area contributed by atoms with Gasteiger partial charge in [0.2, 0.25) is 0 Å². The summed E-state index contributed by atoms with van der Waals surface area (Å²) < 4.78 is 10.1. The van der Waals surface area contributed by atoms with Gasteiger partial charge in [0.25, 0.3) is 0 Å². The van der Waals surface area contributed by atoms with Crippen molar-refractivity contribution in [2.24, 2.45) is 0 Å². The maximum Gasteiger partial charge on any atom is 0.407 e. The maximum atomic E-state index is 11.5. The van der Waals surface area contributed by atoms with Gasteiger partial charge in [-0.3, -0.25) is 0 Å². The molecule has 5 nitrogen and oxygen atoms in total. The number of ether oxygens (including phenoxy) is 2. The van der Waals surface area contributed by atoms with Crippen molar-refractivity contribution in [2.45, 2.75) is 50.4 Å². The van der Waals surface area contributed by atoms with Gasteiger partial charge >= 0.3 is 6.09 Å². The Morgan fingerprint density at radius 1 is 1.25 bits per heavy atom. The lowest BCUT2D eigenvalue weighted by atomic mass is 9.96. The molecule has 1 saturated carbocycles. The molecule has 2 atom stereocenters. The van der Waals surface area contributed by atoms with Crippen LogP contribution >= 0.6 is 0 Å². The molecule has 5 heteroatoms. The Labute approximate surface area is 95.1 Å². The summed E-state index contributed by atoms with van der Waals surface area (Å²) in [6.07, 6.45) is 4.02. The van der Waals surface area contributed by atoms with Gasteiger partial charge in [0.1, 0.15) is 6.10 Å². The third kappa shape index (κ3) is 3.09. The number of hydrogen-bond acceptors (Lipinski definition) is 4. The summed E-state index contributed by atoms with van der Waals surface area (Å²) in [5, 5.41) is 12.3. The first kappa shape index (κ1) is 11.7. The third-order valence-electron chi connectivity index (χ3n) is 3.19. The summed E-state index contributed by atoms with van der Waals surface area (Å²) in [4.78, 5) is 11.5. The first-order valence-corrected chi connectivity index (χ1v) is 5.98. The molecule has 1 amide bonds. The van der Waals surface area contributed by atoms with E-state index in [4.69, 9.17) is 9.47 Å². The van der Waals surface area contributed by atoms with Crippen LogP contribution in [0, 0.1) is 0 Å². The summed E-state index contributed by atoms with van der Waals surface area (Å²) in [6.45, 7) is 0.542. The van der Waals surface area contributed by atoms with Crippen LogP contribution in [0.15, 0.2) is 0 Å². The number of rotatable bonds is 2. The van der Waals surface area contributed by atoms with E-state index >= 15 is 0 Å². The fraction of sp³-hybridized carbons (Fsp3) is 0.909. The van der Waals surface area contributed by atoms with Gasteiger partial charge in [0, 0.05) is 6.04 Å². The highest BCUT2D eigenvalue weighted by molar-refractivity contribution is 5.67. The van der Waals surface area contributed by atoms with Crippen LogP contribution in [0.1, 0.15) is 32.1 Å². The number of aliphatic hydroxyl groups excluding tert-OH is 1. The first-order valence-electron chi connectivity index (χ1n) is 5.98. The molecule has 0 unspecified atom stereocenters. The van der Waals surface area contributed by atoms with Crippen LogP contribution < -0.4 is 5.32 Å². The molecule has 1 heterocycles. The zero-order valence-corrected chi connectivity index (χ0v) is 9.35. The van der Waals surface area contributed by atoms with E-state index in [2.05, 4.69) is 5.32 Å². The highest BCUT2D eigenvalue weighted by Crippen LogP contribution is 2.18. The Kier molecular flexibility index (Phi) is 4.01. The molecule has 0 spiro atoms. The van der Waals surface area contributed by atoms with Gasteiger partial charge in [-0.15, -0.1) is 0 Å². The van der Waals surface area contributed by atoms with Crippen LogP contribution in [0.5, 0.6) is 0 Å². The summed E-state index contributed by atoms with van der Waals surface area (Å²) >= 11 is 0. The van der Waals surface area contributed by atoms with E-state index in [-0.39, 0.29) is 12.6 Å². The largest absolute Gasteiger partial charge is 0.441 e. The smallest absolute Gasteiger partial charge is 0.407 e. The summed E-state index contributed by atoms with van der Waals surface area (Å²) in [5.74, 6) is 0. The van der Waals surface area contributed by atoms with Crippen LogP contribution in [0.25, 0.3) is 0 Å². The Bertz CT molecular complexity index is 240. The molecule has 2 fully saturated rings. The molecule has 92 valence electrons. The van der Waals surface area contributed by atoms with E-state index in [0.29, 0.717) is 6.61 Å². The van der Waals surface area contributed by atoms with Gasteiger partial charge in [-0.1, -0.05) is 19.3 Å². The van der Waals surface area contributed by atoms with Crippen molar-refractivity contribution in [1.29, 1.82) is 0 Å². The monoisotopic (exact) mass is 229 g/mol. The SMILES string of the molecule is O=C(NC1CCCCC1)O[C@@H]1COC[C@@H]1O. The lowest BCUT2D eigenvalue weighted by molar-refractivity contribution is 0.0305. The Balaban J connectivity index is 1.70. The van der Waals surface area contributed by atoms with Crippen molar-refractivity contribution < 1.29 is 19.4 Å². The van der Waals surface area contributed by atoms with E-state index in [1.54, 1.807) is 0 Å². The van der Waals surface area contributed by atoms with Crippen molar-refractivity contribution in [3.63, 3.8) is 0 Å². The van der Waals surface area contributed by atoms with Crippen molar-refractivity contribution in [1.82, 2.24) is 5.32 Å². The van der Waals surface area contributed by atoms with Gasteiger partial charge in [-0.25, -0.2) is 4.79 Å². The minimum absolute atomic E-state index is 0.237. The standard InChI is InChI=1S/C11H19NO4/c13-9-6-15-7-10(9)16-11(14)12-8-4-2-1-3-5-8/h8-10,13H,1-7H2,(H,12,14)/t9-,10+/m0/s1. The number of hydrogen-bond donors (Lipinski definition) is 2. The molecule has 0 bridgehead atoms. The number of alkyl carbamates (subject to hydrolysis) is 1. The van der Waals surface area contributed by atoms with Gasteiger partial charge in [0.15, 0.2) is 6.10 Å². The van der Waals surface area contributed by atoms with E-state index in [1.165, 1.54) is 19.3 Å². The van der Waals surface area contributed by atoms with Crippen LogP contribution in [-0.4, -0.2) is 42.7 Å². The average Bonchev–Trinajstić information content (AvgIpc) is 2.66. The fourth-order valence-corrected chi connectivity index (χ4v) is 2.22. The van der Waals surface area contributed by atoms with Crippen LogP contribution in [0.2, 0.25) is 0 Å². The van der Waals surface area contributed by atoms with Crippen molar-refractivity contribution in [3.05, 3.63) is 0 Å². The second-order valence-corrected chi connectivity index (χ2v) is 4.53. The molecular weight excluding hydrogens is 210 g/mol. The number of carbonyl (C=O) groups excluding carboxylic acids is 1. The molecule has 1 aliphatic heterocycles. The molecule has 1 aliphatic carbocycles. The topological polar surface area (TPSA) is 67.8 Å². The van der Waals surface area contributed by atoms with Crippen molar-refractivity contribution in [3.8, 4) is 0 Å². The molecular formula is C11H19NO4. The van der Waals surface area contributed by atoms with Crippen LogP contribution in [0.3, 0.4) is 0 Å². The fourth-order valence-electron chi connectivity index (χ4n) is 2.22. The molecule has 16 heavy (non-hydrogen) atoms. The summed E-state index contributed by atoms with van der Waals surface area (Å²) in [5.41, 5.74) is 0. The number of nitrogens with one attached hydrogen (secondary N) is 1. The first-order chi connectivity index (χ1) is 7.75. The Morgan fingerprint density at radius 3 is 2.62 bits per heavy atom. The van der Waals surface area contributed by atoms with Crippen LogP contribution in [-0.2, 0) is 9.47 Å². The van der Waals surface area contributed by atoms with Gasteiger partial charge in [-0.2, -0.15) is 0 Å². The average molecular weight is 229 g/mol. The predicted octanol–water partition coefficient (Wildman–Crippen LogP) is 0.805. The Morgan fingerprint density at radius 2 is 2.00 bits per heavy atom. The molecule has 2 aliphatic rings. The molecule has 0 radical (unpaired) electrons. The van der Waals surface area contributed by atoms with E-state index < -0.39 is 18.3 Å². The Hall–Kier alpha value is -0.810. The summed E-state index contributed by atoms with van der Waals surface area (Å²) in [6, 6.07) is 0.237. The number of carbonyl (C=O) groups is 1. The predicted molar refractivity (Wildman–Crippen MR) is 57.1 cm³/mol. The molecule has 0 aromatic rings. The van der Waals surface area contributed by atoms with Crippen molar-refractivity contribution >= 4 is 6.09 Å². The minimum Gasteiger partial charge on any atom is -0.441 e. The zero-order chi connectivity index (χ0) is 11.4. The number of amides is 1. The molecule has 2 rings (SSSR count). The highest BCUT2D eigenvalue weighted by atomic mass is 16.6. The van der Waals surface area contributed by atoms with Crippen molar-refractivity contribution in [2.75, 3.05) is 13.2 Å². The molecule has 0 aromatic heterocycles. The lowest BCUT2D eigenvalue weighted by Gasteiger charge is -2.23. The lowest BCUT2D eigenvalue weighted by Crippen LogP contribution is -2.40. The van der Waals surface area contributed by atoms with Crippen LogP contribution in [0.4, 0.5) is 4.79 Å². The quantitative estimate of drug-likeness (QED) is 0.735. The van der Waals surface area contributed by atoms with E-state index in [1.807, 2.05) is 0 Å². The zero-order valence-electron chi connectivity index (χ0n) is 9.35. The summed E-state index contributed by atoms with van der Waals surface area (Å²) in [7, 11) is 0. The molecule has 1 saturated heterocycles. The second-order valence-electron chi connectivity index (χ2n) is 4.53. The highest BCUT2D eigenvalue weighted by Gasteiger charge is 2.30. The van der Waals surface area contributed by atoms with E-state index in [0.717, 1.165) is 12.8 Å². The normalized spacial score (nSPS) is 31.3. The molecule has 0 aromatic carbocycles. The van der Waals surface area contributed by atoms with Gasteiger partial charge in [0.05, 0.1) is 13.2 Å².